The van der Waals surface area contributed by atoms with Crippen LogP contribution in [-0.4, -0.2) is 21.8 Å². The number of carboxylic acids is 1. The molecule has 6 nitrogen and oxygen atoms in total. The van der Waals surface area contributed by atoms with Gasteiger partial charge in [-0.2, -0.15) is 4.98 Å². The molecular formula is C26H23N3O3S. The zero-order valence-electron chi connectivity index (χ0n) is 18.0. The Labute approximate surface area is 196 Å². The number of aromatic nitrogens is 1. The van der Waals surface area contributed by atoms with E-state index in [0.29, 0.717) is 5.13 Å². The number of hydrogen-bond donors (Lipinski definition) is 2. The van der Waals surface area contributed by atoms with Crippen LogP contribution in [0.4, 0.5) is 5.13 Å². The van der Waals surface area contributed by atoms with Crippen molar-refractivity contribution in [3.63, 3.8) is 0 Å². The zero-order chi connectivity index (χ0) is 23.1. The number of anilines is 1. The Morgan fingerprint density at radius 3 is 1.85 bits per heavy atom. The Hall–Kier alpha value is -3.97. The molecule has 0 unspecified atom stereocenters. The van der Waals surface area contributed by atoms with E-state index in [4.69, 9.17) is 9.94 Å². The van der Waals surface area contributed by atoms with E-state index in [1.807, 2.05) is 54.6 Å². The number of hydrogen-bond acceptors (Lipinski definition) is 6. The smallest absolute Gasteiger partial charge is 0.353 e. The van der Waals surface area contributed by atoms with Gasteiger partial charge >= 0.3 is 5.97 Å². The molecule has 2 N–H and O–H groups in total. The highest BCUT2D eigenvalue weighted by Gasteiger charge is 2.37. The largest absolute Gasteiger partial charge is 0.477 e. The number of aliphatic carboxylic acids is 1. The van der Waals surface area contributed by atoms with E-state index < -0.39 is 11.5 Å². The minimum absolute atomic E-state index is 0.0651. The number of nitrogens with zero attached hydrogens (tertiary/aromatic N) is 2. The van der Waals surface area contributed by atoms with Gasteiger partial charge in [-0.1, -0.05) is 103 Å². The molecule has 1 heterocycles. The van der Waals surface area contributed by atoms with E-state index >= 15 is 0 Å². The second-order valence-electron chi connectivity index (χ2n) is 7.25. The number of thiazole rings is 1. The van der Waals surface area contributed by atoms with Gasteiger partial charge in [-0.25, -0.2) is 4.79 Å². The third-order valence-electron chi connectivity index (χ3n) is 5.23. The van der Waals surface area contributed by atoms with Crippen molar-refractivity contribution in [3.05, 3.63) is 113 Å². The minimum atomic E-state index is -1.11. The van der Waals surface area contributed by atoms with Crippen molar-refractivity contribution in [2.24, 2.45) is 5.16 Å². The highest BCUT2D eigenvalue weighted by atomic mass is 32.1. The first-order chi connectivity index (χ1) is 16.1. The average molecular weight is 458 g/mol. The van der Waals surface area contributed by atoms with Crippen LogP contribution >= 0.6 is 11.3 Å². The summed E-state index contributed by atoms with van der Waals surface area (Å²) in [5.41, 5.74) is 2.38. The highest BCUT2D eigenvalue weighted by Crippen LogP contribution is 2.41. The summed E-state index contributed by atoms with van der Waals surface area (Å²) in [5.74, 6) is -0.875. The molecule has 166 valence electrons. The summed E-state index contributed by atoms with van der Waals surface area (Å²) in [5, 5.41) is 18.8. The van der Waals surface area contributed by atoms with Crippen LogP contribution in [-0.2, 0) is 10.3 Å². The molecule has 0 bridgehead atoms. The van der Waals surface area contributed by atoms with Gasteiger partial charge < -0.3 is 15.3 Å². The van der Waals surface area contributed by atoms with Crippen LogP contribution in [0.5, 0.6) is 5.88 Å². The fourth-order valence-corrected chi connectivity index (χ4v) is 4.32. The lowest BCUT2D eigenvalue weighted by atomic mass is 9.77. The van der Waals surface area contributed by atoms with Gasteiger partial charge in [0.1, 0.15) is 5.54 Å². The van der Waals surface area contributed by atoms with E-state index in [0.717, 1.165) is 16.7 Å². The molecule has 7 heteroatoms. The summed E-state index contributed by atoms with van der Waals surface area (Å²) >= 11 is 1.36. The summed E-state index contributed by atoms with van der Waals surface area (Å²) in [4.78, 5) is 21.0. The minimum Gasteiger partial charge on any atom is -0.477 e. The van der Waals surface area contributed by atoms with Gasteiger partial charge in [0.05, 0.1) is 5.38 Å². The van der Waals surface area contributed by atoms with E-state index in [1.165, 1.54) is 11.3 Å². The first-order valence-electron chi connectivity index (χ1n) is 10.5. The summed E-state index contributed by atoms with van der Waals surface area (Å²) in [6.45, 7) is 1.71. The SMILES string of the molecule is CCC(=NOc1csc(NC(c2ccccc2)(c2ccccc2)c2ccccc2)n1)C(=O)O. The normalized spacial score (nSPS) is 11.7. The van der Waals surface area contributed by atoms with E-state index in [2.05, 4.69) is 51.9 Å². The molecule has 4 rings (SSSR count). The van der Waals surface area contributed by atoms with Gasteiger partial charge in [0.25, 0.3) is 5.88 Å². The number of benzene rings is 3. The standard InChI is InChI=1S/C26H23N3O3S/c1-2-22(24(30)31)29-32-23-18-33-25(27-23)28-26(19-12-6-3-7-13-19,20-14-8-4-9-15-20)21-16-10-5-11-17-21/h3-18H,2H2,1H3,(H,27,28)(H,30,31). The molecule has 0 aliphatic carbocycles. The third-order valence-corrected chi connectivity index (χ3v) is 5.97. The van der Waals surface area contributed by atoms with Crippen LogP contribution in [0.2, 0.25) is 0 Å². The van der Waals surface area contributed by atoms with Gasteiger partial charge in [-0.15, -0.1) is 11.3 Å². The Morgan fingerprint density at radius 2 is 1.42 bits per heavy atom. The van der Waals surface area contributed by atoms with Crippen molar-refractivity contribution in [2.75, 3.05) is 5.32 Å². The maximum Gasteiger partial charge on any atom is 0.353 e. The fourth-order valence-electron chi connectivity index (χ4n) is 3.66. The molecule has 0 aliphatic rings. The van der Waals surface area contributed by atoms with Crippen molar-refractivity contribution >= 4 is 28.1 Å². The summed E-state index contributed by atoms with van der Waals surface area (Å²) < 4.78 is 0. The number of carbonyl (C=O) groups is 1. The Balaban J connectivity index is 1.79. The molecule has 0 spiro atoms. The molecule has 0 aliphatic heterocycles. The lowest BCUT2D eigenvalue weighted by Crippen LogP contribution is -2.38. The van der Waals surface area contributed by atoms with Crippen molar-refractivity contribution in [3.8, 4) is 5.88 Å². The van der Waals surface area contributed by atoms with Crippen LogP contribution in [0.1, 0.15) is 30.0 Å². The maximum atomic E-state index is 11.2. The molecule has 33 heavy (non-hydrogen) atoms. The third kappa shape index (κ3) is 4.78. The van der Waals surface area contributed by atoms with E-state index in [-0.39, 0.29) is 18.0 Å². The van der Waals surface area contributed by atoms with Gasteiger partial charge in [-0.3, -0.25) is 0 Å². The van der Waals surface area contributed by atoms with Gasteiger partial charge in [0.15, 0.2) is 10.8 Å². The molecule has 0 amide bonds. The number of oxime groups is 1. The molecule has 4 aromatic rings. The van der Waals surface area contributed by atoms with Crippen LogP contribution in [0.25, 0.3) is 0 Å². The van der Waals surface area contributed by atoms with Crippen LogP contribution in [0.3, 0.4) is 0 Å². The van der Waals surface area contributed by atoms with Crippen molar-refractivity contribution in [2.45, 2.75) is 18.9 Å². The zero-order valence-corrected chi connectivity index (χ0v) is 18.8. The highest BCUT2D eigenvalue weighted by molar-refractivity contribution is 7.13. The van der Waals surface area contributed by atoms with Crippen LogP contribution in [0, 0.1) is 0 Å². The molecule has 0 saturated heterocycles. The molecule has 0 saturated carbocycles. The number of nitrogens with one attached hydrogen (secondary N) is 1. The monoisotopic (exact) mass is 457 g/mol. The second kappa shape index (κ2) is 10.1. The summed E-state index contributed by atoms with van der Waals surface area (Å²) in [7, 11) is 0. The topological polar surface area (TPSA) is 83.8 Å². The first kappa shape index (κ1) is 22.2. The second-order valence-corrected chi connectivity index (χ2v) is 8.11. The molecule has 0 radical (unpaired) electrons. The van der Waals surface area contributed by atoms with E-state index in [1.54, 1.807) is 12.3 Å². The van der Waals surface area contributed by atoms with Crippen molar-refractivity contribution in [1.82, 2.24) is 4.98 Å². The molecule has 0 atom stereocenters. The molecule has 0 fully saturated rings. The Kier molecular flexibility index (Phi) is 6.80. The average Bonchev–Trinajstić information content (AvgIpc) is 3.31. The predicted molar refractivity (Wildman–Crippen MR) is 131 cm³/mol. The maximum absolute atomic E-state index is 11.2. The van der Waals surface area contributed by atoms with Crippen LogP contribution < -0.4 is 10.2 Å². The first-order valence-corrected chi connectivity index (χ1v) is 11.4. The quantitative estimate of drug-likeness (QED) is 0.189. The van der Waals surface area contributed by atoms with Gasteiger partial charge in [0, 0.05) is 0 Å². The molecule has 1 aromatic heterocycles. The lowest BCUT2D eigenvalue weighted by molar-refractivity contribution is -0.129. The summed E-state index contributed by atoms with van der Waals surface area (Å²) in [6, 6.07) is 30.6. The fraction of sp³-hybridized carbons (Fsp3) is 0.115. The van der Waals surface area contributed by atoms with Crippen molar-refractivity contribution in [1.29, 1.82) is 0 Å². The van der Waals surface area contributed by atoms with Crippen LogP contribution in [0.15, 0.2) is 102 Å². The Morgan fingerprint density at radius 1 is 0.939 bits per heavy atom. The Bertz CT molecular complexity index is 1130. The van der Waals surface area contributed by atoms with Gasteiger partial charge in [0.2, 0.25) is 0 Å². The van der Waals surface area contributed by atoms with Gasteiger partial charge in [-0.05, 0) is 23.1 Å². The van der Waals surface area contributed by atoms with E-state index in [9.17, 15) is 4.79 Å². The number of carboxylic acid groups (broad SMARTS) is 1. The number of rotatable bonds is 9. The lowest BCUT2D eigenvalue weighted by Gasteiger charge is -2.36. The van der Waals surface area contributed by atoms with Crippen molar-refractivity contribution < 1.29 is 14.7 Å². The molecular weight excluding hydrogens is 434 g/mol. The predicted octanol–water partition coefficient (Wildman–Crippen LogP) is 5.78. The molecule has 3 aromatic carbocycles. The summed E-state index contributed by atoms with van der Waals surface area (Å²) in [6.07, 6.45) is 0.254.